The Morgan fingerprint density at radius 2 is 2.11 bits per heavy atom. The van der Waals surface area contributed by atoms with Crippen LogP contribution in [0.5, 0.6) is 0 Å². The molecule has 0 unspecified atom stereocenters. The standard InChI is InChI=1S/C12H13N5O/c1-8(13)12(18)17-16-7-9-2-3-10-11(6-9)15-5-4-14-10/h2-8H,13H2,1H3,(H,17,18)/t8-/m0/s1. The minimum absolute atomic E-state index is 0.327. The highest BCUT2D eigenvalue weighted by molar-refractivity contribution is 5.88. The van der Waals surface area contributed by atoms with Crippen molar-refractivity contribution in [3.63, 3.8) is 0 Å². The van der Waals surface area contributed by atoms with Gasteiger partial charge in [0.1, 0.15) is 0 Å². The molecular formula is C12H13N5O. The van der Waals surface area contributed by atoms with E-state index in [2.05, 4.69) is 20.5 Å². The summed E-state index contributed by atoms with van der Waals surface area (Å²) in [6.45, 7) is 1.59. The zero-order valence-electron chi connectivity index (χ0n) is 9.87. The summed E-state index contributed by atoms with van der Waals surface area (Å²) < 4.78 is 0. The van der Waals surface area contributed by atoms with Crippen molar-refractivity contribution in [3.8, 4) is 0 Å². The van der Waals surface area contributed by atoms with E-state index in [-0.39, 0.29) is 5.91 Å². The van der Waals surface area contributed by atoms with Gasteiger partial charge in [-0.05, 0) is 24.6 Å². The third kappa shape index (κ3) is 2.86. The molecule has 1 aromatic carbocycles. The van der Waals surface area contributed by atoms with Gasteiger partial charge in [-0.25, -0.2) is 5.43 Å². The molecule has 1 atom stereocenters. The molecule has 0 aliphatic rings. The minimum Gasteiger partial charge on any atom is -0.320 e. The maximum absolute atomic E-state index is 11.2. The van der Waals surface area contributed by atoms with Crippen LogP contribution in [0.15, 0.2) is 35.7 Å². The van der Waals surface area contributed by atoms with Gasteiger partial charge >= 0.3 is 0 Å². The van der Waals surface area contributed by atoms with Gasteiger partial charge in [0, 0.05) is 12.4 Å². The number of hydrazone groups is 1. The van der Waals surface area contributed by atoms with E-state index in [1.165, 1.54) is 6.21 Å². The maximum Gasteiger partial charge on any atom is 0.256 e. The molecule has 1 aromatic heterocycles. The number of fused-ring (bicyclic) bond motifs is 1. The zero-order chi connectivity index (χ0) is 13.0. The lowest BCUT2D eigenvalue weighted by molar-refractivity contribution is -0.121. The monoisotopic (exact) mass is 243 g/mol. The second-order valence-corrected chi connectivity index (χ2v) is 3.83. The van der Waals surface area contributed by atoms with Crippen LogP contribution in [0.3, 0.4) is 0 Å². The van der Waals surface area contributed by atoms with Crippen molar-refractivity contribution in [2.24, 2.45) is 10.8 Å². The molecule has 18 heavy (non-hydrogen) atoms. The number of benzene rings is 1. The number of aromatic nitrogens is 2. The van der Waals surface area contributed by atoms with Gasteiger partial charge in [-0.1, -0.05) is 6.07 Å². The van der Waals surface area contributed by atoms with Crippen molar-refractivity contribution in [1.29, 1.82) is 0 Å². The highest BCUT2D eigenvalue weighted by Crippen LogP contribution is 2.08. The predicted molar refractivity (Wildman–Crippen MR) is 68.9 cm³/mol. The Bertz CT molecular complexity index is 594. The average molecular weight is 243 g/mol. The fourth-order valence-electron chi connectivity index (χ4n) is 1.33. The smallest absolute Gasteiger partial charge is 0.256 e. The van der Waals surface area contributed by atoms with Gasteiger partial charge in [0.2, 0.25) is 0 Å². The number of hydrogen-bond acceptors (Lipinski definition) is 5. The first-order valence-corrected chi connectivity index (χ1v) is 5.46. The Morgan fingerprint density at radius 1 is 1.39 bits per heavy atom. The Hall–Kier alpha value is -2.34. The van der Waals surface area contributed by atoms with Gasteiger partial charge in [0.05, 0.1) is 23.3 Å². The highest BCUT2D eigenvalue weighted by Gasteiger charge is 2.04. The van der Waals surface area contributed by atoms with E-state index in [4.69, 9.17) is 5.73 Å². The van der Waals surface area contributed by atoms with Crippen LogP contribution in [0.25, 0.3) is 11.0 Å². The van der Waals surface area contributed by atoms with Crippen LogP contribution in [-0.4, -0.2) is 28.1 Å². The average Bonchev–Trinajstić information content (AvgIpc) is 2.38. The fraction of sp³-hybridized carbons (Fsp3) is 0.167. The van der Waals surface area contributed by atoms with Crippen molar-refractivity contribution in [3.05, 3.63) is 36.2 Å². The number of nitrogens with zero attached hydrogens (tertiary/aromatic N) is 3. The topological polar surface area (TPSA) is 93.3 Å². The van der Waals surface area contributed by atoms with E-state index >= 15 is 0 Å². The molecule has 0 saturated carbocycles. The van der Waals surface area contributed by atoms with Crippen LogP contribution in [0.1, 0.15) is 12.5 Å². The highest BCUT2D eigenvalue weighted by atomic mass is 16.2. The number of rotatable bonds is 3. The van der Waals surface area contributed by atoms with Crippen LogP contribution in [0.2, 0.25) is 0 Å². The van der Waals surface area contributed by atoms with E-state index < -0.39 is 6.04 Å². The Kier molecular flexibility index (Phi) is 3.59. The molecule has 6 nitrogen and oxygen atoms in total. The summed E-state index contributed by atoms with van der Waals surface area (Å²) in [6.07, 6.45) is 4.80. The number of carbonyl (C=O) groups excluding carboxylic acids is 1. The van der Waals surface area contributed by atoms with Crippen molar-refractivity contribution in [2.45, 2.75) is 13.0 Å². The van der Waals surface area contributed by atoms with Gasteiger partial charge in [0.25, 0.3) is 5.91 Å². The molecule has 2 rings (SSSR count). The van der Waals surface area contributed by atoms with Crippen molar-refractivity contribution in [1.82, 2.24) is 15.4 Å². The second kappa shape index (κ2) is 5.33. The maximum atomic E-state index is 11.2. The Labute approximate surface area is 104 Å². The van der Waals surface area contributed by atoms with Crippen molar-refractivity contribution >= 4 is 23.2 Å². The van der Waals surface area contributed by atoms with Crippen LogP contribution in [-0.2, 0) is 4.79 Å². The van der Waals surface area contributed by atoms with Gasteiger partial charge in [-0.15, -0.1) is 0 Å². The van der Waals surface area contributed by atoms with Crippen molar-refractivity contribution in [2.75, 3.05) is 0 Å². The lowest BCUT2D eigenvalue weighted by Crippen LogP contribution is -2.35. The molecule has 0 bridgehead atoms. The largest absolute Gasteiger partial charge is 0.320 e. The molecule has 6 heteroatoms. The fourth-order valence-corrected chi connectivity index (χ4v) is 1.33. The molecule has 0 aliphatic heterocycles. The molecule has 2 aromatic rings. The lowest BCUT2D eigenvalue weighted by atomic mass is 10.2. The molecular weight excluding hydrogens is 230 g/mol. The summed E-state index contributed by atoms with van der Waals surface area (Å²) in [4.78, 5) is 19.5. The molecule has 0 spiro atoms. The molecule has 0 radical (unpaired) electrons. The number of nitrogens with two attached hydrogens (primary N) is 1. The molecule has 3 N–H and O–H groups in total. The summed E-state index contributed by atoms with van der Waals surface area (Å²) in [5, 5.41) is 3.82. The van der Waals surface area contributed by atoms with Crippen LogP contribution >= 0.6 is 0 Å². The van der Waals surface area contributed by atoms with E-state index in [1.807, 2.05) is 18.2 Å². The summed E-state index contributed by atoms with van der Waals surface area (Å²) in [5.41, 5.74) is 10.2. The first-order valence-electron chi connectivity index (χ1n) is 5.46. The zero-order valence-corrected chi connectivity index (χ0v) is 9.87. The predicted octanol–water partition coefficient (Wildman–Crippen LogP) is 0.427. The van der Waals surface area contributed by atoms with E-state index in [0.717, 1.165) is 16.6 Å². The number of hydrogen-bond donors (Lipinski definition) is 2. The van der Waals surface area contributed by atoms with Gasteiger partial charge in [0.15, 0.2) is 0 Å². The van der Waals surface area contributed by atoms with Crippen LogP contribution in [0.4, 0.5) is 0 Å². The van der Waals surface area contributed by atoms with E-state index in [9.17, 15) is 4.79 Å². The number of amides is 1. The molecule has 0 saturated heterocycles. The number of nitrogens with one attached hydrogen (secondary N) is 1. The quantitative estimate of drug-likeness (QED) is 0.603. The third-order valence-corrected chi connectivity index (χ3v) is 2.30. The van der Waals surface area contributed by atoms with Crippen molar-refractivity contribution < 1.29 is 4.79 Å². The molecule has 1 heterocycles. The minimum atomic E-state index is -0.579. The van der Waals surface area contributed by atoms with Gasteiger partial charge in [-0.3, -0.25) is 14.8 Å². The van der Waals surface area contributed by atoms with E-state index in [1.54, 1.807) is 19.3 Å². The molecule has 0 aliphatic carbocycles. The summed E-state index contributed by atoms with van der Waals surface area (Å²) >= 11 is 0. The molecule has 1 amide bonds. The van der Waals surface area contributed by atoms with Gasteiger partial charge < -0.3 is 5.73 Å². The first kappa shape index (κ1) is 12.1. The summed E-state index contributed by atoms with van der Waals surface area (Å²) in [6, 6.07) is 4.95. The Morgan fingerprint density at radius 3 is 2.83 bits per heavy atom. The Balaban J connectivity index is 2.12. The summed E-state index contributed by atoms with van der Waals surface area (Å²) in [7, 11) is 0. The summed E-state index contributed by atoms with van der Waals surface area (Å²) in [5.74, 6) is -0.327. The third-order valence-electron chi connectivity index (χ3n) is 2.30. The van der Waals surface area contributed by atoms with Crippen LogP contribution in [0, 0.1) is 0 Å². The lowest BCUT2D eigenvalue weighted by Gasteiger charge is -2.01. The number of carbonyl (C=O) groups is 1. The molecule has 92 valence electrons. The second-order valence-electron chi connectivity index (χ2n) is 3.83. The van der Waals surface area contributed by atoms with Crippen LogP contribution < -0.4 is 11.2 Å². The normalized spacial score (nSPS) is 12.8. The van der Waals surface area contributed by atoms with E-state index in [0.29, 0.717) is 0 Å². The molecule has 0 fully saturated rings. The first-order chi connectivity index (χ1) is 8.66. The SMILES string of the molecule is C[C@H](N)C(=O)NN=Cc1ccc2nccnc2c1. The van der Waals surface area contributed by atoms with Gasteiger partial charge in [-0.2, -0.15) is 5.10 Å².